The van der Waals surface area contributed by atoms with Crippen molar-refractivity contribution in [2.75, 3.05) is 10.8 Å². The van der Waals surface area contributed by atoms with Crippen LogP contribution in [-0.4, -0.2) is 27.1 Å². The Morgan fingerprint density at radius 3 is 2.43 bits per heavy atom. The van der Waals surface area contributed by atoms with Crippen LogP contribution in [0.2, 0.25) is 0 Å². The first-order chi connectivity index (χ1) is 17.9. The molecule has 7 heteroatoms. The van der Waals surface area contributed by atoms with Gasteiger partial charge in [0, 0.05) is 5.56 Å². The van der Waals surface area contributed by atoms with Gasteiger partial charge < -0.3 is 0 Å². The number of para-hydroxylation sites is 1. The summed E-state index contributed by atoms with van der Waals surface area (Å²) < 4.78 is 28.5. The Labute approximate surface area is 217 Å². The van der Waals surface area contributed by atoms with E-state index in [0.717, 1.165) is 34.9 Å². The molecule has 4 aromatic carbocycles. The maximum absolute atomic E-state index is 13.7. The summed E-state index contributed by atoms with van der Waals surface area (Å²) >= 11 is 0. The van der Waals surface area contributed by atoms with Gasteiger partial charge in [0.05, 0.1) is 16.8 Å². The molecule has 0 saturated carbocycles. The Morgan fingerprint density at radius 1 is 0.946 bits per heavy atom. The number of hydrogen-bond donors (Lipinski definition) is 1. The van der Waals surface area contributed by atoms with Gasteiger partial charge in [0.25, 0.3) is 15.9 Å². The summed E-state index contributed by atoms with van der Waals surface area (Å²) in [7, 11) is -3.99. The molecule has 0 radical (unpaired) electrons. The van der Waals surface area contributed by atoms with Crippen LogP contribution in [0.4, 0.5) is 5.69 Å². The molecular weight excluding hydrogens is 482 g/mol. The number of hydrazone groups is 1. The average molecular weight is 512 g/mol. The number of anilines is 1. The number of hydrogen-bond acceptors (Lipinski definition) is 4. The third-order valence-corrected chi connectivity index (χ3v) is 8.61. The summed E-state index contributed by atoms with van der Waals surface area (Å²) in [6, 6.07) is 24.3. The second-order valence-electron chi connectivity index (χ2n) is 9.25. The number of aryl methyl sites for hydroxylation is 4. The first-order valence-electron chi connectivity index (χ1n) is 12.4. The van der Waals surface area contributed by atoms with Crippen molar-refractivity contribution in [3.05, 3.63) is 107 Å². The van der Waals surface area contributed by atoms with E-state index in [-0.39, 0.29) is 4.90 Å². The zero-order valence-corrected chi connectivity index (χ0v) is 21.8. The highest BCUT2D eigenvalue weighted by Gasteiger charge is 2.28. The van der Waals surface area contributed by atoms with Crippen LogP contribution in [0, 0.1) is 6.92 Å². The van der Waals surface area contributed by atoms with Crippen molar-refractivity contribution in [1.29, 1.82) is 0 Å². The van der Waals surface area contributed by atoms with Gasteiger partial charge in [0.2, 0.25) is 0 Å². The molecule has 1 N–H and O–H groups in total. The Kier molecular flexibility index (Phi) is 6.80. The van der Waals surface area contributed by atoms with Crippen molar-refractivity contribution in [3.8, 4) is 0 Å². The summed E-state index contributed by atoms with van der Waals surface area (Å²) in [4.78, 5) is 13.1. The van der Waals surface area contributed by atoms with Gasteiger partial charge in [-0.3, -0.25) is 9.10 Å². The Hall–Kier alpha value is -3.97. The van der Waals surface area contributed by atoms with Crippen molar-refractivity contribution in [2.45, 2.75) is 38.0 Å². The Balaban J connectivity index is 1.41. The number of rotatable bonds is 8. The fourth-order valence-corrected chi connectivity index (χ4v) is 6.37. The topological polar surface area (TPSA) is 78.8 Å². The zero-order valence-electron chi connectivity index (χ0n) is 20.9. The number of nitrogens with zero attached hydrogens (tertiary/aromatic N) is 2. The van der Waals surface area contributed by atoms with E-state index in [2.05, 4.69) is 28.7 Å². The summed E-state index contributed by atoms with van der Waals surface area (Å²) in [5.74, 6) is -0.524. The van der Waals surface area contributed by atoms with Crippen LogP contribution in [0.5, 0.6) is 0 Å². The lowest BCUT2D eigenvalue weighted by Gasteiger charge is -2.25. The number of carbonyl (C=O) groups excluding carboxylic acids is 1. The smallest absolute Gasteiger partial charge is 0.264 e. The lowest BCUT2D eigenvalue weighted by molar-refractivity contribution is -0.119. The van der Waals surface area contributed by atoms with E-state index in [0.29, 0.717) is 12.1 Å². The SMILES string of the molecule is CCc1ccccc1N(CC(=O)N/N=C/c1ccc2c3c(cccc13)CC2)S(=O)(=O)c1ccc(C)cc1. The second kappa shape index (κ2) is 10.2. The number of carbonyl (C=O) groups is 1. The fourth-order valence-electron chi connectivity index (χ4n) is 4.91. The highest BCUT2D eigenvalue weighted by Crippen LogP contribution is 2.32. The molecule has 1 aliphatic rings. The quantitative estimate of drug-likeness (QED) is 0.262. The summed E-state index contributed by atoms with van der Waals surface area (Å²) in [5, 5.41) is 6.55. The minimum absolute atomic E-state index is 0.133. The molecule has 0 fully saturated rings. The molecule has 0 spiro atoms. The Morgan fingerprint density at radius 2 is 1.68 bits per heavy atom. The van der Waals surface area contributed by atoms with Gasteiger partial charge in [0.15, 0.2) is 0 Å². The molecule has 0 heterocycles. The van der Waals surface area contributed by atoms with E-state index in [1.807, 2.05) is 38.1 Å². The molecule has 0 atom stereocenters. The van der Waals surface area contributed by atoms with Gasteiger partial charge in [-0.25, -0.2) is 13.8 Å². The highest BCUT2D eigenvalue weighted by atomic mass is 32.2. The molecule has 0 unspecified atom stereocenters. The van der Waals surface area contributed by atoms with Gasteiger partial charge in [0.1, 0.15) is 6.54 Å². The molecule has 4 aromatic rings. The maximum Gasteiger partial charge on any atom is 0.264 e. The van der Waals surface area contributed by atoms with Gasteiger partial charge in [-0.15, -0.1) is 0 Å². The molecule has 1 aliphatic carbocycles. The zero-order chi connectivity index (χ0) is 26.0. The van der Waals surface area contributed by atoms with Crippen LogP contribution in [-0.2, 0) is 34.1 Å². The van der Waals surface area contributed by atoms with Crippen molar-refractivity contribution in [2.24, 2.45) is 5.10 Å². The molecule has 0 aromatic heterocycles. The first kappa shape index (κ1) is 24.7. The van der Waals surface area contributed by atoms with Crippen LogP contribution in [0.15, 0.2) is 88.9 Å². The summed E-state index contributed by atoms with van der Waals surface area (Å²) in [5.41, 5.74) is 8.38. The molecule has 1 amide bonds. The second-order valence-corrected chi connectivity index (χ2v) is 11.1. The Bertz CT molecular complexity index is 1600. The van der Waals surface area contributed by atoms with Gasteiger partial charge in [-0.05, 0) is 71.8 Å². The van der Waals surface area contributed by atoms with E-state index in [1.54, 1.807) is 42.6 Å². The number of nitrogens with one attached hydrogen (secondary N) is 1. The van der Waals surface area contributed by atoms with Crippen molar-refractivity contribution >= 4 is 38.6 Å². The molecular formula is C30H29N3O3S. The van der Waals surface area contributed by atoms with E-state index in [1.165, 1.54) is 20.8 Å². The van der Waals surface area contributed by atoms with Gasteiger partial charge in [-0.2, -0.15) is 5.10 Å². The van der Waals surface area contributed by atoms with Crippen LogP contribution in [0.25, 0.3) is 10.8 Å². The maximum atomic E-state index is 13.7. The van der Waals surface area contributed by atoms with Crippen LogP contribution in [0.3, 0.4) is 0 Å². The van der Waals surface area contributed by atoms with E-state index < -0.39 is 22.5 Å². The number of sulfonamides is 1. The van der Waals surface area contributed by atoms with E-state index in [9.17, 15) is 13.2 Å². The molecule has 5 rings (SSSR count). The standard InChI is InChI=1S/C30H29N3O3S/c1-3-22-7-4-5-10-28(22)33(37(35,36)26-17-11-21(2)12-18-26)20-29(34)32-31-19-25-16-15-24-14-13-23-8-6-9-27(25)30(23)24/h4-12,15-19H,3,13-14,20H2,1-2H3,(H,32,34)/b31-19+. The van der Waals surface area contributed by atoms with Crippen molar-refractivity contribution in [3.63, 3.8) is 0 Å². The number of benzene rings is 4. The first-order valence-corrected chi connectivity index (χ1v) is 13.8. The molecule has 188 valence electrons. The normalized spacial score (nSPS) is 12.8. The highest BCUT2D eigenvalue weighted by molar-refractivity contribution is 7.92. The monoisotopic (exact) mass is 511 g/mol. The summed E-state index contributed by atoms with van der Waals surface area (Å²) in [6.45, 7) is 3.46. The van der Waals surface area contributed by atoms with Crippen LogP contribution < -0.4 is 9.73 Å². The summed E-state index contributed by atoms with van der Waals surface area (Å²) in [6.07, 6.45) is 4.32. The molecule has 37 heavy (non-hydrogen) atoms. The lowest BCUT2D eigenvalue weighted by Crippen LogP contribution is -2.40. The largest absolute Gasteiger partial charge is 0.271 e. The van der Waals surface area contributed by atoms with E-state index in [4.69, 9.17) is 0 Å². The minimum atomic E-state index is -3.99. The predicted molar refractivity (Wildman–Crippen MR) is 149 cm³/mol. The van der Waals surface area contributed by atoms with Crippen LogP contribution in [0.1, 0.15) is 34.7 Å². The molecule has 6 nitrogen and oxygen atoms in total. The number of amides is 1. The van der Waals surface area contributed by atoms with Gasteiger partial charge >= 0.3 is 0 Å². The van der Waals surface area contributed by atoms with Crippen molar-refractivity contribution < 1.29 is 13.2 Å². The minimum Gasteiger partial charge on any atom is -0.271 e. The fraction of sp³-hybridized carbons (Fsp3) is 0.200. The third-order valence-electron chi connectivity index (χ3n) is 6.84. The molecule has 0 bridgehead atoms. The lowest BCUT2D eigenvalue weighted by atomic mass is 10.0. The van der Waals surface area contributed by atoms with Crippen molar-refractivity contribution in [1.82, 2.24) is 5.43 Å². The predicted octanol–water partition coefficient (Wildman–Crippen LogP) is 5.15. The molecule has 0 aliphatic heterocycles. The van der Waals surface area contributed by atoms with E-state index >= 15 is 0 Å². The van der Waals surface area contributed by atoms with Gasteiger partial charge in [-0.1, -0.05) is 73.2 Å². The average Bonchev–Trinajstić information content (AvgIpc) is 3.33. The molecule has 0 saturated heterocycles. The third kappa shape index (κ3) is 4.87. The van der Waals surface area contributed by atoms with Crippen LogP contribution >= 0.6 is 0 Å².